The molecule has 0 spiro atoms. The summed E-state index contributed by atoms with van der Waals surface area (Å²) < 4.78 is 58.5. The molecule has 0 aliphatic heterocycles. The van der Waals surface area contributed by atoms with Crippen LogP contribution < -0.4 is 10.3 Å². The molecule has 0 unspecified atom stereocenters. The molecule has 0 fully saturated rings. The van der Waals surface area contributed by atoms with Crippen molar-refractivity contribution < 1.29 is 22.3 Å². The Hall–Kier alpha value is -1.90. The van der Waals surface area contributed by atoms with Gasteiger partial charge in [0, 0.05) is 12.3 Å². The number of ether oxygens (including phenoxy) is 1. The number of benzene rings is 1. The number of halogens is 5. The van der Waals surface area contributed by atoms with Gasteiger partial charge in [0.2, 0.25) is 0 Å². The van der Waals surface area contributed by atoms with E-state index in [1.165, 1.54) is 0 Å². The Morgan fingerprint density at radius 1 is 1.30 bits per heavy atom. The molecule has 1 heterocycles. The van der Waals surface area contributed by atoms with Crippen LogP contribution in [0, 0.1) is 5.82 Å². The number of hydrogen-bond acceptors (Lipinski definition) is 3. The minimum absolute atomic E-state index is 0.183. The highest BCUT2D eigenvalue weighted by molar-refractivity contribution is 9.10. The van der Waals surface area contributed by atoms with Crippen LogP contribution in [0.15, 0.2) is 33.7 Å². The molecule has 0 aliphatic carbocycles. The Labute approximate surface area is 136 Å². The molecule has 0 amide bonds. The van der Waals surface area contributed by atoms with Crippen molar-refractivity contribution in [3.8, 4) is 11.4 Å². The summed E-state index contributed by atoms with van der Waals surface area (Å²) in [5.74, 6) is -0.732. The molecule has 0 aliphatic rings. The van der Waals surface area contributed by atoms with Gasteiger partial charge in [-0.3, -0.25) is 4.79 Å². The summed E-state index contributed by atoms with van der Waals surface area (Å²) in [6, 6.07) is 2.66. The second-order valence-corrected chi connectivity index (χ2v) is 5.71. The third-order valence-corrected chi connectivity index (χ3v) is 3.36. The Morgan fingerprint density at radius 2 is 1.96 bits per heavy atom. The first-order chi connectivity index (χ1) is 10.6. The minimum Gasteiger partial charge on any atom is -0.490 e. The van der Waals surface area contributed by atoms with Crippen molar-refractivity contribution in [1.82, 2.24) is 9.78 Å². The van der Waals surface area contributed by atoms with Crippen LogP contribution in [0.1, 0.15) is 19.4 Å². The number of hydrogen-bond donors (Lipinski definition) is 0. The summed E-state index contributed by atoms with van der Waals surface area (Å²) >= 11 is 3.09. The monoisotopic (exact) mass is 394 g/mol. The molecule has 2 aromatic rings. The Morgan fingerprint density at radius 3 is 2.52 bits per heavy atom. The van der Waals surface area contributed by atoms with Crippen molar-refractivity contribution >= 4 is 15.9 Å². The average Bonchev–Trinajstić information content (AvgIpc) is 2.41. The third-order valence-electron chi connectivity index (χ3n) is 2.74. The third kappa shape index (κ3) is 3.72. The molecule has 124 valence electrons. The Balaban J connectivity index is 2.66. The van der Waals surface area contributed by atoms with Crippen LogP contribution in [0.2, 0.25) is 0 Å². The lowest BCUT2D eigenvalue weighted by Gasteiger charge is -2.15. The lowest BCUT2D eigenvalue weighted by Crippen LogP contribution is -2.29. The van der Waals surface area contributed by atoms with E-state index in [-0.39, 0.29) is 16.3 Å². The quantitative estimate of drug-likeness (QED) is 0.740. The SMILES string of the molecule is CC(C)Oc1cc(-n2nccc(C(F)(F)F)c2=O)c(F)cc1Br. The van der Waals surface area contributed by atoms with Crippen molar-refractivity contribution in [2.45, 2.75) is 26.1 Å². The van der Waals surface area contributed by atoms with Crippen LogP contribution in [-0.2, 0) is 6.18 Å². The predicted octanol–water partition coefficient (Wildman–Crippen LogP) is 3.94. The van der Waals surface area contributed by atoms with Gasteiger partial charge in [0.1, 0.15) is 22.8 Å². The van der Waals surface area contributed by atoms with Gasteiger partial charge in [-0.2, -0.15) is 23.0 Å². The minimum atomic E-state index is -4.86. The fourth-order valence-corrected chi connectivity index (χ4v) is 2.23. The highest BCUT2D eigenvalue weighted by atomic mass is 79.9. The fourth-order valence-electron chi connectivity index (χ4n) is 1.82. The summed E-state index contributed by atoms with van der Waals surface area (Å²) in [7, 11) is 0. The summed E-state index contributed by atoms with van der Waals surface area (Å²) in [6.07, 6.45) is -4.32. The smallest absolute Gasteiger partial charge is 0.421 e. The summed E-state index contributed by atoms with van der Waals surface area (Å²) in [5.41, 5.74) is -3.32. The van der Waals surface area contributed by atoms with E-state index in [0.717, 1.165) is 18.3 Å². The first kappa shape index (κ1) is 17.5. The molecule has 4 nitrogen and oxygen atoms in total. The maximum Gasteiger partial charge on any atom is 0.421 e. The molecule has 0 atom stereocenters. The summed E-state index contributed by atoms with van der Waals surface area (Å²) in [5, 5.41) is 3.53. The van der Waals surface area contributed by atoms with Gasteiger partial charge in [-0.15, -0.1) is 0 Å². The van der Waals surface area contributed by atoms with Gasteiger partial charge in [0.05, 0.1) is 10.6 Å². The predicted molar refractivity (Wildman–Crippen MR) is 78.3 cm³/mol. The van der Waals surface area contributed by atoms with Crippen molar-refractivity contribution in [3.63, 3.8) is 0 Å². The number of nitrogens with zero attached hydrogens (tertiary/aromatic N) is 2. The van der Waals surface area contributed by atoms with Gasteiger partial charge >= 0.3 is 6.18 Å². The second kappa shape index (κ2) is 6.31. The highest BCUT2D eigenvalue weighted by Crippen LogP contribution is 2.31. The highest BCUT2D eigenvalue weighted by Gasteiger charge is 2.35. The van der Waals surface area contributed by atoms with Gasteiger partial charge in [0.25, 0.3) is 5.56 Å². The van der Waals surface area contributed by atoms with Crippen LogP contribution in [0.5, 0.6) is 5.75 Å². The zero-order valence-electron chi connectivity index (χ0n) is 12.0. The molecule has 9 heteroatoms. The van der Waals surface area contributed by atoms with E-state index < -0.39 is 28.8 Å². The van der Waals surface area contributed by atoms with E-state index >= 15 is 0 Å². The van der Waals surface area contributed by atoms with Crippen molar-refractivity contribution in [2.75, 3.05) is 0 Å². The van der Waals surface area contributed by atoms with E-state index in [0.29, 0.717) is 10.7 Å². The van der Waals surface area contributed by atoms with Gasteiger partial charge in [-0.25, -0.2) is 4.39 Å². The normalized spacial score (nSPS) is 11.8. The summed E-state index contributed by atoms with van der Waals surface area (Å²) in [4.78, 5) is 11.9. The molecular formula is C14H11BrF4N2O2. The first-order valence-corrected chi connectivity index (χ1v) is 7.22. The van der Waals surface area contributed by atoms with E-state index in [9.17, 15) is 22.4 Å². The maximum atomic E-state index is 14.1. The average molecular weight is 395 g/mol. The second-order valence-electron chi connectivity index (χ2n) is 4.86. The largest absolute Gasteiger partial charge is 0.490 e. The zero-order chi connectivity index (χ0) is 17.4. The lowest BCUT2D eigenvalue weighted by atomic mass is 10.2. The van der Waals surface area contributed by atoms with Gasteiger partial charge in [-0.1, -0.05) is 0 Å². The van der Waals surface area contributed by atoms with Crippen LogP contribution in [-0.4, -0.2) is 15.9 Å². The lowest BCUT2D eigenvalue weighted by molar-refractivity contribution is -0.139. The number of rotatable bonds is 3. The van der Waals surface area contributed by atoms with E-state index in [1.54, 1.807) is 13.8 Å². The first-order valence-electron chi connectivity index (χ1n) is 6.43. The molecule has 0 radical (unpaired) electrons. The molecule has 0 N–H and O–H groups in total. The Bertz CT molecular complexity index is 787. The van der Waals surface area contributed by atoms with E-state index in [1.807, 2.05) is 0 Å². The van der Waals surface area contributed by atoms with Gasteiger partial charge in [-0.05, 0) is 41.9 Å². The van der Waals surface area contributed by atoms with E-state index in [2.05, 4.69) is 21.0 Å². The molecule has 1 aromatic heterocycles. The molecule has 23 heavy (non-hydrogen) atoms. The van der Waals surface area contributed by atoms with Crippen molar-refractivity contribution in [1.29, 1.82) is 0 Å². The van der Waals surface area contributed by atoms with Crippen molar-refractivity contribution in [2.24, 2.45) is 0 Å². The summed E-state index contributed by atoms with van der Waals surface area (Å²) in [6.45, 7) is 3.45. The van der Waals surface area contributed by atoms with Gasteiger partial charge in [0.15, 0.2) is 0 Å². The van der Waals surface area contributed by atoms with Crippen LogP contribution >= 0.6 is 15.9 Å². The molecular weight excluding hydrogens is 384 g/mol. The molecule has 1 aromatic carbocycles. The number of alkyl halides is 3. The molecule has 2 rings (SSSR count). The van der Waals surface area contributed by atoms with Gasteiger partial charge < -0.3 is 4.74 Å². The molecule has 0 bridgehead atoms. The zero-order valence-corrected chi connectivity index (χ0v) is 13.6. The Kier molecular flexibility index (Phi) is 4.79. The number of aromatic nitrogens is 2. The topological polar surface area (TPSA) is 44.1 Å². The van der Waals surface area contributed by atoms with Crippen molar-refractivity contribution in [3.05, 3.63) is 50.6 Å². The fraction of sp³-hybridized carbons (Fsp3) is 0.286. The van der Waals surface area contributed by atoms with Crippen LogP contribution in [0.3, 0.4) is 0 Å². The van der Waals surface area contributed by atoms with E-state index in [4.69, 9.17) is 4.74 Å². The molecule has 0 saturated heterocycles. The van der Waals surface area contributed by atoms with Crippen LogP contribution in [0.25, 0.3) is 5.69 Å². The standard InChI is InChI=1S/C14H11BrF4N2O2/c1-7(2)23-12-6-11(10(16)5-9(12)15)21-13(22)8(3-4-20-21)14(17,18)19/h3-7H,1-2H3. The molecule has 0 saturated carbocycles. The maximum absolute atomic E-state index is 14.1. The van der Waals surface area contributed by atoms with Crippen LogP contribution in [0.4, 0.5) is 17.6 Å².